The molecule has 0 aliphatic heterocycles. The summed E-state index contributed by atoms with van der Waals surface area (Å²) in [7, 11) is 4.83. The van der Waals surface area contributed by atoms with Crippen LogP contribution in [0.4, 0.5) is 5.69 Å². The third-order valence-electron chi connectivity index (χ3n) is 5.13. The van der Waals surface area contributed by atoms with Crippen molar-refractivity contribution >= 4 is 34.2 Å². The molecule has 8 nitrogen and oxygen atoms in total. The van der Waals surface area contributed by atoms with E-state index in [1.807, 2.05) is 50.4 Å². The summed E-state index contributed by atoms with van der Waals surface area (Å²) in [6.07, 6.45) is 0. The maximum absolute atomic E-state index is 12.6. The van der Waals surface area contributed by atoms with E-state index < -0.39 is 0 Å². The highest BCUT2D eigenvalue weighted by Gasteiger charge is 2.17. The number of fused-ring (bicyclic) bond motifs is 1. The molecule has 9 heteroatoms. The third-order valence-corrected chi connectivity index (χ3v) is 5.42. The number of anilines is 1. The number of aromatic nitrogens is 3. The Morgan fingerprint density at radius 2 is 1.82 bits per heavy atom. The molecule has 0 spiro atoms. The van der Waals surface area contributed by atoms with E-state index in [4.69, 9.17) is 25.8 Å². The molecule has 0 unspecified atom stereocenters. The summed E-state index contributed by atoms with van der Waals surface area (Å²) in [5, 5.41) is 8.53. The molecule has 0 saturated heterocycles. The van der Waals surface area contributed by atoms with Crippen molar-refractivity contribution in [3.05, 3.63) is 59.2 Å². The maximum Gasteiger partial charge on any atom is 0.262 e. The highest BCUT2D eigenvalue weighted by atomic mass is 35.5. The average molecular weight is 467 g/mol. The smallest absolute Gasteiger partial charge is 0.262 e. The van der Waals surface area contributed by atoms with Gasteiger partial charge < -0.3 is 19.5 Å². The van der Waals surface area contributed by atoms with Crippen LogP contribution in [-0.2, 0) is 11.8 Å². The van der Waals surface area contributed by atoms with Gasteiger partial charge in [0, 0.05) is 19.2 Å². The number of pyridine rings is 1. The van der Waals surface area contributed by atoms with Crippen LogP contribution in [-0.4, -0.2) is 41.5 Å². The molecule has 0 radical (unpaired) electrons. The number of methoxy groups -OCH3 is 2. The minimum atomic E-state index is -0.390. The Morgan fingerprint density at radius 1 is 1.09 bits per heavy atom. The van der Waals surface area contributed by atoms with Crippen LogP contribution in [0.5, 0.6) is 17.4 Å². The second kappa shape index (κ2) is 9.38. The number of halogens is 1. The fourth-order valence-corrected chi connectivity index (χ4v) is 3.87. The van der Waals surface area contributed by atoms with Crippen molar-refractivity contribution in [2.24, 2.45) is 7.05 Å². The Labute approximate surface area is 196 Å². The van der Waals surface area contributed by atoms with Crippen LogP contribution in [0.1, 0.15) is 5.69 Å². The number of carbonyl (C=O) groups is 1. The Balaban J connectivity index is 1.58. The second-order valence-electron chi connectivity index (χ2n) is 7.31. The number of rotatable bonds is 7. The molecule has 1 amide bonds. The summed E-state index contributed by atoms with van der Waals surface area (Å²) < 4.78 is 18.0. The van der Waals surface area contributed by atoms with Crippen molar-refractivity contribution < 1.29 is 19.0 Å². The Bertz CT molecular complexity index is 1320. The number of nitrogens with one attached hydrogen (secondary N) is 1. The highest BCUT2D eigenvalue weighted by Crippen LogP contribution is 2.36. The predicted octanol–water partition coefficient (Wildman–Crippen LogP) is 4.63. The molecule has 4 aromatic rings. The Hall–Kier alpha value is -3.78. The molecule has 2 aromatic heterocycles. The molecule has 33 heavy (non-hydrogen) atoms. The van der Waals surface area contributed by atoms with Crippen LogP contribution < -0.4 is 19.5 Å². The van der Waals surface area contributed by atoms with Gasteiger partial charge in [-0.2, -0.15) is 10.1 Å². The number of carbonyl (C=O) groups excluding carboxylic acids is 1. The molecule has 4 rings (SSSR count). The highest BCUT2D eigenvalue weighted by molar-refractivity contribution is 6.32. The first kappa shape index (κ1) is 22.4. The number of nitrogens with zero attached hydrogens (tertiary/aromatic N) is 3. The minimum Gasteiger partial charge on any atom is -0.495 e. The number of ether oxygens (including phenoxy) is 3. The molecule has 0 saturated carbocycles. The standard InChI is InChI=1S/C24H23ClN4O4/c1-14-23-16(15-8-6-5-7-9-15)10-22(27-24(23)29(2)28-14)33-13-21(30)26-18-11-17(25)19(31-3)12-20(18)32-4/h5-12H,13H2,1-4H3,(H,26,30). The van der Waals surface area contributed by atoms with E-state index in [0.717, 1.165) is 22.2 Å². The quantitative estimate of drug-likeness (QED) is 0.427. The SMILES string of the molecule is COc1cc(OC)c(NC(=O)COc2cc(-c3ccccc3)c3c(C)nn(C)c3n2)cc1Cl. The summed E-state index contributed by atoms with van der Waals surface area (Å²) in [5.41, 5.74) is 3.89. The van der Waals surface area contributed by atoms with Gasteiger partial charge in [0.05, 0.1) is 36.0 Å². The first-order chi connectivity index (χ1) is 15.9. The minimum absolute atomic E-state index is 0.254. The van der Waals surface area contributed by atoms with Crippen molar-refractivity contribution in [1.82, 2.24) is 14.8 Å². The first-order valence-corrected chi connectivity index (χ1v) is 10.5. The van der Waals surface area contributed by atoms with E-state index in [0.29, 0.717) is 33.7 Å². The lowest BCUT2D eigenvalue weighted by Crippen LogP contribution is -2.21. The van der Waals surface area contributed by atoms with Gasteiger partial charge in [0.15, 0.2) is 12.3 Å². The molecule has 0 bridgehead atoms. The van der Waals surface area contributed by atoms with E-state index >= 15 is 0 Å². The summed E-state index contributed by atoms with van der Waals surface area (Å²) in [4.78, 5) is 17.2. The van der Waals surface area contributed by atoms with Gasteiger partial charge in [-0.3, -0.25) is 9.48 Å². The zero-order chi connectivity index (χ0) is 23.5. The number of aryl methyl sites for hydroxylation is 2. The van der Waals surface area contributed by atoms with Gasteiger partial charge in [0.2, 0.25) is 5.88 Å². The average Bonchev–Trinajstić information content (AvgIpc) is 3.11. The zero-order valence-electron chi connectivity index (χ0n) is 18.7. The molecular formula is C24H23ClN4O4. The van der Waals surface area contributed by atoms with Crippen molar-refractivity contribution in [3.8, 4) is 28.5 Å². The van der Waals surface area contributed by atoms with Gasteiger partial charge in [0.1, 0.15) is 11.5 Å². The van der Waals surface area contributed by atoms with E-state index in [2.05, 4.69) is 15.4 Å². The van der Waals surface area contributed by atoms with Gasteiger partial charge in [-0.15, -0.1) is 0 Å². The molecule has 1 N–H and O–H groups in total. The monoisotopic (exact) mass is 466 g/mol. The molecule has 2 heterocycles. The van der Waals surface area contributed by atoms with Gasteiger partial charge in [-0.05, 0) is 24.1 Å². The van der Waals surface area contributed by atoms with Crippen LogP contribution in [0, 0.1) is 6.92 Å². The molecule has 0 aliphatic carbocycles. The number of amides is 1. The molecule has 0 fully saturated rings. The van der Waals surface area contributed by atoms with E-state index in [1.165, 1.54) is 14.2 Å². The number of hydrogen-bond acceptors (Lipinski definition) is 6. The first-order valence-electron chi connectivity index (χ1n) is 10.1. The normalized spacial score (nSPS) is 10.8. The van der Waals surface area contributed by atoms with Crippen molar-refractivity contribution in [2.75, 3.05) is 26.1 Å². The van der Waals surface area contributed by atoms with Crippen LogP contribution in [0.25, 0.3) is 22.2 Å². The maximum atomic E-state index is 12.6. The zero-order valence-corrected chi connectivity index (χ0v) is 19.4. The van der Waals surface area contributed by atoms with Crippen molar-refractivity contribution in [2.45, 2.75) is 6.92 Å². The van der Waals surface area contributed by atoms with E-state index in [9.17, 15) is 4.79 Å². The summed E-state index contributed by atoms with van der Waals surface area (Å²) in [6.45, 7) is 1.69. The number of hydrogen-bond donors (Lipinski definition) is 1. The van der Waals surface area contributed by atoms with Crippen molar-refractivity contribution in [1.29, 1.82) is 0 Å². The van der Waals surface area contributed by atoms with Gasteiger partial charge in [-0.1, -0.05) is 41.9 Å². The largest absolute Gasteiger partial charge is 0.495 e. The van der Waals surface area contributed by atoms with Gasteiger partial charge >= 0.3 is 0 Å². The van der Waals surface area contributed by atoms with Gasteiger partial charge in [0.25, 0.3) is 5.91 Å². The summed E-state index contributed by atoms with van der Waals surface area (Å²) >= 11 is 6.18. The second-order valence-corrected chi connectivity index (χ2v) is 7.71. The lowest BCUT2D eigenvalue weighted by Gasteiger charge is -2.13. The van der Waals surface area contributed by atoms with Crippen LogP contribution >= 0.6 is 11.6 Å². The number of benzene rings is 2. The lowest BCUT2D eigenvalue weighted by atomic mass is 10.0. The molecule has 0 aliphatic rings. The van der Waals surface area contributed by atoms with E-state index in [-0.39, 0.29) is 12.5 Å². The Morgan fingerprint density at radius 3 is 2.52 bits per heavy atom. The topological polar surface area (TPSA) is 87.5 Å². The fourth-order valence-electron chi connectivity index (χ4n) is 3.62. The van der Waals surface area contributed by atoms with Crippen LogP contribution in [0.2, 0.25) is 5.02 Å². The van der Waals surface area contributed by atoms with Gasteiger partial charge in [-0.25, -0.2) is 0 Å². The third kappa shape index (κ3) is 4.56. The molecule has 170 valence electrons. The van der Waals surface area contributed by atoms with Crippen molar-refractivity contribution in [3.63, 3.8) is 0 Å². The van der Waals surface area contributed by atoms with Crippen LogP contribution in [0.3, 0.4) is 0 Å². The summed E-state index contributed by atoms with van der Waals surface area (Å²) in [6, 6.07) is 14.9. The summed E-state index contributed by atoms with van der Waals surface area (Å²) in [5.74, 6) is 0.791. The molecule has 2 aromatic carbocycles. The Kier molecular flexibility index (Phi) is 6.37. The predicted molar refractivity (Wildman–Crippen MR) is 127 cm³/mol. The molecular weight excluding hydrogens is 444 g/mol. The fraction of sp³-hybridized carbons (Fsp3) is 0.208. The lowest BCUT2D eigenvalue weighted by molar-refractivity contribution is -0.118. The van der Waals surface area contributed by atoms with Crippen LogP contribution in [0.15, 0.2) is 48.5 Å². The van der Waals surface area contributed by atoms with E-state index in [1.54, 1.807) is 16.8 Å². The molecule has 0 atom stereocenters.